The second-order valence-corrected chi connectivity index (χ2v) is 14.5. The van der Waals surface area contributed by atoms with E-state index in [1.54, 1.807) is 0 Å². The van der Waals surface area contributed by atoms with Crippen molar-refractivity contribution in [1.29, 1.82) is 0 Å². The second-order valence-electron chi connectivity index (χ2n) is 14.5. The van der Waals surface area contributed by atoms with E-state index >= 15 is 0 Å². The van der Waals surface area contributed by atoms with E-state index in [1.807, 2.05) is 36.4 Å². The molecule has 0 saturated carbocycles. The SMILES string of the molecule is c1ccc2c(c1)Oc1ccccc1N2c1ccc(-c2cc3c4c(c2)N2c5ccccc5Oc5cccc(c52)B4c2cccc4c2N3c2ccccc2O4)cc1. The Hall–Kier alpha value is -7.38. The molecule has 8 aromatic carbocycles. The van der Waals surface area contributed by atoms with E-state index in [-0.39, 0.29) is 6.71 Å². The third-order valence-corrected chi connectivity index (χ3v) is 11.6. The third kappa shape index (κ3) is 3.88. The van der Waals surface area contributed by atoms with Crippen LogP contribution in [0.2, 0.25) is 0 Å². The molecular weight excluding hydrogens is 677 g/mol. The molecule has 5 aliphatic heterocycles. The molecule has 0 unspecified atom stereocenters. The van der Waals surface area contributed by atoms with Gasteiger partial charge in [-0.15, -0.1) is 0 Å². The molecule has 8 aromatic rings. The van der Waals surface area contributed by atoms with E-state index in [4.69, 9.17) is 14.2 Å². The first-order valence-electron chi connectivity index (χ1n) is 18.6. The first-order valence-corrected chi connectivity index (χ1v) is 18.6. The lowest BCUT2D eigenvalue weighted by molar-refractivity contribution is 0.476. The summed E-state index contributed by atoms with van der Waals surface area (Å²) in [5.41, 5.74) is 15.6. The van der Waals surface area contributed by atoms with Gasteiger partial charge >= 0.3 is 0 Å². The number of benzene rings is 8. The summed E-state index contributed by atoms with van der Waals surface area (Å²) in [7, 11) is 0. The maximum atomic E-state index is 6.64. The van der Waals surface area contributed by atoms with Gasteiger partial charge in [0.25, 0.3) is 6.71 Å². The minimum atomic E-state index is -0.0250. The fourth-order valence-electron chi connectivity index (χ4n) is 9.34. The number of anilines is 9. The van der Waals surface area contributed by atoms with Crippen LogP contribution in [0.25, 0.3) is 11.1 Å². The van der Waals surface area contributed by atoms with Gasteiger partial charge in [-0.1, -0.05) is 84.9 Å². The largest absolute Gasteiger partial charge is 0.453 e. The average molecular weight is 706 g/mol. The Labute approximate surface area is 317 Å². The van der Waals surface area contributed by atoms with E-state index in [0.717, 1.165) is 96.8 Å². The van der Waals surface area contributed by atoms with E-state index < -0.39 is 0 Å². The van der Waals surface area contributed by atoms with Gasteiger partial charge in [0.15, 0.2) is 34.5 Å². The predicted octanol–water partition coefficient (Wildman–Crippen LogP) is 11.2. The lowest BCUT2D eigenvalue weighted by atomic mass is 9.33. The second kappa shape index (κ2) is 10.6. The number of hydrogen-bond acceptors (Lipinski definition) is 6. The minimum absolute atomic E-state index is 0.0250. The van der Waals surface area contributed by atoms with Crippen LogP contribution in [0, 0.1) is 0 Å². The molecule has 5 heterocycles. The Morgan fingerprint density at radius 1 is 0.327 bits per heavy atom. The van der Waals surface area contributed by atoms with E-state index in [1.165, 1.54) is 16.4 Å². The van der Waals surface area contributed by atoms with Gasteiger partial charge in [-0.2, -0.15) is 0 Å². The lowest BCUT2D eigenvalue weighted by Gasteiger charge is -2.47. The predicted molar refractivity (Wildman–Crippen MR) is 221 cm³/mol. The summed E-state index contributed by atoms with van der Waals surface area (Å²) in [5.74, 6) is 5.08. The van der Waals surface area contributed by atoms with Crippen molar-refractivity contribution < 1.29 is 14.2 Å². The van der Waals surface area contributed by atoms with Crippen LogP contribution in [0.15, 0.2) is 170 Å². The standard InChI is InChI=1S/C48H28BN3O3/c1-5-17-40-34(13-1)50(35-14-2-6-18-41(35)53-40)31-25-23-29(24-26-31)30-27-38-46-39(28-30)52-37-16-4-8-20-43(37)55-45-22-10-12-33(48(45)52)49(46)32-11-9-21-44-47(32)51(38)36-15-3-7-19-42(36)54-44/h1-28H. The summed E-state index contributed by atoms with van der Waals surface area (Å²) in [6.07, 6.45) is 0. The fraction of sp³-hybridized carbons (Fsp3) is 0. The molecule has 0 spiro atoms. The molecule has 55 heavy (non-hydrogen) atoms. The number of rotatable bonds is 2. The fourth-order valence-corrected chi connectivity index (χ4v) is 9.34. The quantitative estimate of drug-likeness (QED) is 0.167. The van der Waals surface area contributed by atoms with E-state index in [9.17, 15) is 0 Å². The van der Waals surface area contributed by atoms with Gasteiger partial charge in [0.2, 0.25) is 0 Å². The van der Waals surface area contributed by atoms with Crippen LogP contribution in [0.3, 0.4) is 0 Å². The smallest absolute Gasteiger partial charge is 0.252 e. The molecule has 6 nitrogen and oxygen atoms in total. The number of ether oxygens (including phenoxy) is 3. The monoisotopic (exact) mass is 705 g/mol. The van der Waals surface area contributed by atoms with Gasteiger partial charge < -0.3 is 28.9 Å². The molecule has 0 amide bonds. The maximum absolute atomic E-state index is 6.64. The highest BCUT2D eigenvalue weighted by molar-refractivity contribution is 7.00. The van der Waals surface area contributed by atoms with Crippen molar-refractivity contribution in [3.8, 4) is 45.6 Å². The number of nitrogens with zero attached hydrogens (tertiary/aromatic N) is 3. The maximum Gasteiger partial charge on any atom is 0.252 e. The number of para-hydroxylation sites is 10. The molecule has 0 saturated heterocycles. The van der Waals surface area contributed by atoms with Crippen LogP contribution in [-0.2, 0) is 0 Å². The topological polar surface area (TPSA) is 37.4 Å². The lowest BCUT2D eigenvalue weighted by Crippen LogP contribution is -2.61. The van der Waals surface area contributed by atoms with E-state index in [2.05, 4.69) is 148 Å². The molecule has 0 aliphatic carbocycles. The molecule has 0 N–H and O–H groups in total. The Morgan fingerprint density at radius 3 is 1.20 bits per heavy atom. The van der Waals surface area contributed by atoms with Gasteiger partial charge in [-0.3, -0.25) is 0 Å². The molecule has 0 bridgehead atoms. The summed E-state index contributed by atoms with van der Waals surface area (Å²) >= 11 is 0. The van der Waals surface area contributed by atoms with Crippen LogP contribution in [0.4, 0.5) is 51.2 Å². The molecule has 0 radical (unpaired) electrons. The summed E-state index contributed by atoms with van der Waals surface area (Å²) in [4.78, 5) is 7.14. The van der Waals surface area contributed by atoms with Crippen LogP contribution in [0.1, 0.15) is 0 Å². The molecule has 256 valence electrons. The zero-order valence-electron chi connectivity index (χ0n) is 29.3. The minimum Gasteiger partial charge on any atom is -0.453 e. The highest BCUT2D eigenvalue weighted by atomic mass is 16.5. The average Bonchev–Trinajstić information content (AvgIpc) is 3.24. The van der Waals surface area contributed by atoms with Crippen LogP contribution in [-0.4, -0.2) is 6.71 Å². The number of hydrogen-bond donors (Lipinski definition) is 0. The normalized spacial score (nSPS) is 14.1. The van der Waals surface area contributed by atoms with Gasteiger partial charge in [-0.25, -0.2) is 0 Å². The molecule has 5 aliphatic rings. The van der Waals surface area contributed by atoms with Crippen molar-refractivity contribution in [1.82, 2.24) is 0 Å². The van der Waals surface area contributed by atoms with E-state index in [0.29, 0.717) is 0 Å². The van der Waals surface area contributed by atoms with Crippen molar-refractivity contribution >= 4 is 74.3 Å². The highest BCUT2D eigenvalue weighted by Gasteiger charge is 2.48. The van der Waals surface area contributed by atoms with Crippen LogP contribution >= 0.6 is 0 Å². The molecule has 13 rings (SSSR count). The Balaban J connectivity index is 1.06. The summed E-state index contributed by atoms with van der Waals surface area (Å²) < 4.78 is 19.6. The van der Waals surface area contributed by atoms with Crippen molar-refractivity contribution in [3.05, 3.63) is 170 Å². The van der Waals surface area contributed by atoms with Gasteiger partial charge in [-0.05, 0) is 112 Å². The van der Waals surface area contributed by atoms with Crippen molar-refractivity contribution in [2.45, 2.75) is 0 Å². The van der Waals surface area contributed by atoms with Crippen molar-refractivity contribution in [2.24, 2.45) is 0 Å². The highest BCUT2D eigenvalue weighted by Crippen LogP contribution is 2.57. The zero-order chi connectivity index (χ0) is 35.8. The van der Waals surface area contributed by atoms with Gasteiger partial charge in [0.05, 0.1) is 34.1 Å². The summed E-state index contributed by atoms with van der Waals surface area (Å²) in [6.45, 7) is -0.0250. The van der Waals surface area contributed by atoms with Crippen LogP contribution in [0.5, 0.6) is 34.5 Å². The van der Waals surface area contributed by atoms with Crippen molar-refractivity contribution in [3.63, 3.8) is 0 Å². The number of fused-ring (bicyclic) bond motifs is 10. The Morgan fingerprint density at radius 2 is 0.727 bits per heavy atom. The summed E-state index contributed by atoms with van der Waals surface area (Å²) in [5, 5.41) is 0. The molecule has 7 heteroatoms. The van der Waals surface area contributed by atoms with Gasteiger partial charge in [0.1, 0.15) is 0 Å². The van der Waals surface area contributed by atoms with Gasteiger partial charge in [0, 0.05) is 17.1 Å². The van der Waals surface area contributed by atoms with Crippen LogP contribution < -0.4 is 45.3 Å². The van der Waals surface area contributed by atoms with Crippen molar-refractivity contribution in [2.75, 3.05) is 14.7 Å². The summed E-state index contributed by atoms with van der Waals surface area (Å²) in [6, 6.07) is 59.8. The molecular formula is C48H28BN3O3. The molecule has 0 fully saturated rings. The zero-order valence-corrected chi connectivity index (χ0v) is 29.3. The molecule has 0 aromatic heterocycles. The third-order valence-electron chi connectivity index (χ3n) is 11.6. The Kier molecular flexibility index (Phi) is 5.62. The Bertz CT molecular complexity index is 2790. The first kappa shape index (κ1) is 29.1. The first-order chi connectivity index (χ1) is 27.3. The molecule has 0 atom stereocenters.